The van der Waals surface area contributed by atoms with Crippen LogP contribution in [0.15, 0.2) is 22.8 Å². The fourth-order valence-electron chi connectivity index (χ4n) is 1.23. The van der Waals surface area contributed by atoms with Gasteiger partial charge in [0.05, 0.1) is 0 Å². The number of H-pyrrole nitrogens is 1. The average Bonchev–Trinajstić information content (AvgIpc) is 2.96. The van der Waals surface area contributed by atoms with Gasteiger partial charge in [-0.05, 0) is 11.6 Å². The van der Waals surface area contributed by atoms with Crippen LogP contribution in [0, 0.1) is 0 Å². The minimum atomic E-state index is -3.72. The zero-order valence-electron chi connectivity index (χ0n) is 9.87. The molecule has 102 valence electrons. The van der Waals surface area contributed by atoms with Gasteiger partial charge in [-0.3, -0.25) is 4.79 Å². The summed E-state index contributed by atoms with van der Waals surface area (Å²) in [6, 6.07) is 1.76. The predicted octanol–water partition coefficient (Wildman–Crippen LogP) is 0.303. The Hall–Kier alpha value is -1.78. The van der Waals surface area contributed by atoms with Gasteiger partial charge in [-0.15, -0.1) is 10.2 Å². The molecule has 2 aromatic heterocycles. The van der Waals surface area contributed by atoms with Crippen LogP contribution in [-0.2, 0) is 21.4 Å². The highest BCUT2D eigenvalue weighted by Crippen LogP contribution is 2.19. The summed E-state index contributed by atoms with van der Waals surface area (Å²) in [5, 5.41) is 9.64. The van der Waals surface area contributed by atoms with E-state index in [1.165, 1.54) is 6.92 Å². The summed E-state index contributed by atoms with van der Waals surface area (Å²) in [6.07, 6.45) is 3.38. The van der Waals surface area contributed by atoms with Crippen molar-refractivity contribution < 1.29 is 13.2 Å². The lowest BCUT2D eigenvalue weighted by Gasteiger charge is -2.00. The van der Waals surface area contributed by atoms with E-state index < -0.39 is 10.0 Å². The number of sulfonamides is 1. The number of carbonyl (C=O) groups is 1. The summed E-state index contributed by atoms with van der Waals surface area (Å²) in [5.74, 6) is -0.333. The summed E-state index contributed by atoms with van der Waals surface area (Å²) in [7, 11) is -3.72. The van der Waals surface area contributed by atoms with Crippen molar-refractivity contribution >= 4 is 32.4 Å². The molecule has 2 heterocycles. The van der Waals surface area contributed by atoms with E-state index in [0.29, 0.717) is 0 Å². The van der Waals surface area contributed by atoms with Gasteiger partial charge in [-0.1, -0.05) is 11.3 Å². The van der Waals surface area contributed by atoms with Crippen LogP contribution in [0.25, 0.3) is 0 Å². The van der Waals surface area contributed by atoms with E-state index in [1.807, 2.05) is 0 Å². The lowest BCUT2D eigenvalue weighted by Crippen LogP contribution is -2.22. The Morgan fingerprint density at radius 3 is 2.89 bits per heavy atom. The molecular weight excluding hydrogens is 290 g/mol. The monoisotopic (exact) mass is 301 g/mol. The molecule has 0 bridgehead atoms. The molecule has 8 nitrogen and oxygen atoms in total. The maximum absolute atomic E-state index is 11.9. The first-order valence-corrected chi connectivity index (χ1v) is 7.50. The molecule has 0 radical (unpaired) electrons. The van der Waals surface area contributed by atoms with Gasteiger partial charge in [-0.2, -0.15) is 0 Å². The third-order valence-corrected chi connectivity index (χ3v) is 4.66. The van der Waals surface area contributed by atoms with Crippen molar-refractivity contribution in [3.63, 3.8) is 0 Å². The number of carbonyl (C=O) groups excluding carboxylic acids is 1. The van der Waals surface area contributed by atoms with Crippen molar-refractivity contribution in [3.05, 3.63) is 24.0 Å². The largest absolute Gasteiger partial charge is 0.367 e. The van der Waals surface area contributed by atoms with Crippen LogP contribution < -0.4 is 10.0 Å². The molecule has 2 aromatic rings. The van der Waals surface area contributed by atoms with Crippen molar-refractivity contribution in [1.29, 1.82) is 0 Å². The zero-order chi connectivity index (χ0) is 13.9. The molecular formula is C9H11N5O3S2. The van der Waals surface area contributed by atoms with Gasteiger partial charge < -0.3 is 10.3 Å². The van der Waals surface area contributed by atoms with E-state index >= 15 is 0 Å². The van der Waals surface area contributed by atoms with Gasteiger partial charge in [0, 0.05) is 25.9 Å². The van der Waals surface area contributed by atoms with Crippen LogP contribution >= 0.6 is 11.3 Å². The van der Waals surface area contributed by atoms with Crippen LogP contribution in [0.2, 0.25) is 0 Å². The summed E-state index contributed by atoms with van der Waals surface area (Å²) < 4.78 is 26.0. The second-order valence-corrected chi connectivity index (χ2v) is 6.52. The quantitative estimate of drug-likeness (QED) is 0.687. The molecule has 0 fully saturated rings. The molecule has 3 N–H and O–H groups in total. The third kappa shape index (κ3) is 3.59. The lowest BCUT2D eigenvalue weighted by molar-refractivity contribution is -0.114. The lowest BCUT2D eigenvalue weighted by atomic mass is 10.4. The Bertz CT molecular complexity index is 662. The third-order valence-electron chi connectivity index (χ3n) is 2.05. The molecule has 10 heteroatoms. The van der Waals surface area contributed by atoms with E-state index in [4.69, 9.17) is 0 Å². The molecule has 1 amide bonds. The molecule has 0 unspecified atom stereocenters. The number of anilines is 1. The van der Waals surface area contributed by atoms with Crippen LogP contribution in [0.4, 0.5) is 5.13 Å². The number of hydrogen-bond donors (Lipinski definition) is 3. The highest BCUT2D eigenvalue weighted by molar-refractivity contribution is 7.91. The van der Waals surface area contributed by atoms with Crippen LogP contribution in [0.5, 0.6) is 0 Å². The van der Waals surface area contributed by atoms with Crippen LogP contribution in [0.1, 0.15) is 12.5 Å². The van der Waals surface area contributed by atoms with Gasteiger partial charge in [-0.25, -0.2) is 13.1 Å². The number of aromatic nitrogens is 3. The normalized spacial score (nSPS) is 11.4. The Balaban J connectivity index is 2.06. The predicted molar refractivity (Wildman–Crippen MR) is 69.0 cm³/mol. The van der Waals surface area contributed by atoms with Gasteiger partial charge in [0.2, 0.25) is 15.4 Å². The maximum Gasteiger partial charge on any atom is 0.270 e. The number of rotatable bonds is 5. The van der Waals surface area contributed by atoms with Gasteiger partial charge in [0.25, 0.3) is 10.0 Å². The number of nitrogens with one attached hydrogen (secondary N) is 3. The smallest absolute Gasteiger partial charge is 0.270 e. The van der Waals surface area contributed by atoms with E-state index in [2.05, 4.69) is 25.2 Å². The minimum Gasteiger partial charge on any atom is -0.367 e. The summed E-state index contributed by atoms with van der Waals surface area (Å²) in [5.41, 5.74) is 0.801. The van der Waals surface area contributed by atoms with Crippen molar-refractivity contribution in [2.75, 3.05) is 5.32 Å². The Morgan fingerprint density at radius 2 is 2.26 bits per heavy atom. The number of aromatic amines is 1. The molecule has 0 spiro atoms. The van der Waals surface area contributed by atoms with Crippen molar-refractivity contribution in [3.8, 4) is 0 Å². The number of nitrogens with zero attached hydrogens (tertiary/aromatic N) is 2. The van der Waals surface area contributed by atoms with Crippen LogP contribution in [0.3, 0.4) is 0 Å². The van der Waals surface area contributed by atoms with E-state index in [-0.39, 0.29) is 21.9 Å². The van der Waals surface area contributed by atoms with Crippen LogP contribution in [-0.4, -0.2) is 29.5 Å². The molecule has 0 aromatic carbocycles. The molecule has 2 rings (SSSR count). The number of hydrogen-bond acceptors (Lipinski definition) is 6. The van der Waals surface area contributed by atoms with E-state index in [9.17, 15) is 13.2 Å². The Labute approximate surface area is 113 Å². The van der Waals surface area contributed by atoms with E-state index in [1.54, 1.807) is 18.5 Å². The van der Waals surface area contributed by atoms with E-state index in [0.717, 1.165) is 16.9 Å². The highest BCUT2D eigenvalue weighted by atomic mass is 32.2. The highest BCUT2D eigenvalue weighted by Gasteiger charge is 2.20. The molecule has 0 saturated carbocycles. The average molecular weight is 301 g/mol. The molecule has 0 aliphatic heterocycles. The van der Waals surface area contributed by atoms with Gasteiger partial charge >= 0.3 is 0 Å². The van der Waals surface area contributed by atoms with Gasteiger partial charge in [0.1, 0.15) is 0 Å². The molecule has 19 heavy (non-hydrogen) atoms. The molecule has 0 aliphatic rings. The SMILES string of the molecule is CC(=O)Nc1nnc(S(=O)(=O)NCc2cc[nH]c2)s1. The summed E-state index contributed by atoms with van der Waals surface area (Å²) in [6.45, 7) is 1.46. The zero-order valence-corrected chi connectivity index (χ0v) is 11.5. The second kappa shape index (κ2) is 5.47. The maximum atomic E-state index is 11.9. The van der Waals surface area contributed by atoms with Gasteiger partial charge in [0.15, 0.2) is 0 Å². The van der Waals surface area contributed by atoms with Crippen molar-refractivity contribution in [1.82, 2.24) is 19.9 Å². The summed E-state index contributed by atoms with van der Waals surface area (Å²) >= 11 is 0.793. The topological polar surface area (TPSA) is 117 Å². The minimum absolute atomic E-state index is 0.148. The molecule has 0 saturated heterocycles. The first-order chi connectivity index (χ1) is 8.97. The number of amides is 1. The van der Waals surface area contributed by atoms with Crippen molar-refractivity contribution in [2.24, 2.45) is 0 Å². The Kier molecular flexibility index (Phi) is 3.93. The molecule has 0 atom stereocenters. The first kappa shape index (κ1) is 13.6. The molecule has 0 aliphatic carbocycles. The fraction of sp³-hybridized carbons (Fsp3) is 0.222. The standard InChI is InChI=1S/C9H11N5O3S2/c1-6(15)12-8-13-14-9(18-8)19(16,17)11-5-7-2-3-10-4-7/h2-4,10-11H,5H2,1H3,(H,12,13,15). The fourth-order valence-corrected chi connectivity index (χ4v) is 3.23. The summed E-state index contributed by atoms with van der Waals surface area (Å²) in [4.78, 5) is 13.6. The second-order valence-electron chi connectivity index (χ2n) is 3.60. The van der Waals surface area contributed by atoms with Crippen molar-refractivity contribution in [2.45, 2.75) is 17.8 Å². The Morgan fingerprint density at radius 1 is 1.47 bits per heavy atom. The first-order valence-electron chi connectivity index (χ1n) is 5.20.